The maximum absolute atomic E-state index is 6.13. The van der Waals surface area contributed by atoms with Crippen LogP contribution in [0.4, 0.5) is 5.82 Å². The van der Waals surface area contributed by atoms with Gasteiger partial charge in [0.25, 0.3) is 0 Å². The number of anilines is 1. The molecule has 0 bridgehead atoms. The molecule has 0 saturated carbocycles. The van der Waals surface area contributed by atoms with Gasteiger partial charge in [-0.2, -0.15) is 0 Å². The van der Waals surface area contributed by atoms with Gasteiger partial charge in [-0.3, -0.25) is 0 Å². The SMILES string of the molecule is Clc1cccc(Cl)c1COc1ccc(NCc2ccccc2)nc1. The Balaban J connectivity index is 1.57. The number of nitrogens with one attached hydrogen (secondary N) is 1. The Morgan fingerprint density at radius 1 is 0.875 bits per heavy atom. The predicted octanol–water partition coefficient (Wildman–Crippen LogP) is 5.58. The van der Waals surface area contributed by atoms with E-state index in [-0.39, 0.29) is 0 Å². The Morgan fingerprint density at radius 2 is 1.62 bits per heavy atom. The number of benzene rings is 2. The Bertz CT molecular complexity index is 772. The summed E-state index contributed by atoms with van der Waals surface area (Å²) in [4.78, 5) is 4.35. The minimum Gasteiger partial charge on any atom is -0.487 e. The molecular formula is C19H16Cl2N2O. The van der Waals surface area contributed by atoms with Gasteiger partial charge in [-0.25, -0.2) is 4.98 Å². The summed E-state index contributed by atoms with van der Waals surface area (Å²) in [5, 5.41) is 4.46. The van der Waals surface area contributed by atoms with Crippen molar-refractivity contribution < 1.29 is 4.74 Å². The second-order valence-electron chi connectivity index (χ2n) is 5.21. The molecule has 24 heavy (non-hydrogen) atoms. The summed E-state index contributed by atoms with van der Waals surface area (Å²) >= 11 is 12.3. The fourth-order valence-electron chi connectivity index (χ4n) is 2.18. The lowest BCUT2D eigenvalue weighted by molar-refractivity contribution is 0.305. The molecule has 122 valence electrons. The maximum atomic E-state index is 6.13. The molecule has 0 aliphatic carbocycles. The number of aromatic nitrogens is 1. The number of hydrogen-bond donors (Lipinski definition) is 1. The first-order valence-electron chi connectivity index (χ1n) is 7.52. The molecule has 0 radical (unpaired) electrons. The Hall–Kier alpha value is -2.23. The highest BCUT2D eigenvalue weighted by molar-refractivity contribution is 6.35. The zero-order valence-electron chi connectivity index (χ0n) is 12.9. The van der Waals surface area contributed by atoms with Crippen molar-refractivity contribution in [1.29, 1.82) is 0 Å². The highest BCUT2D eigenvalue weighted by atomic mass is 35.5. The fourth-order valence-corrected chi connectivity index (χ4v) is 2.69. The van der Waals surface area contributed by atoms with Crippen molar-refractivity contribution in [1.82, 2.24) is 4.98 Å². The molecular weight excluding hydrogens is 343 g/mol. The van der Waals surface area contributed by atoms with E-state index in [1.165, 1.54) is 5.56 Å². The molecule has 0 aliphatic rings. The second-order valence-corrected chi connectivity index (χ2v) is 6.02. The van der Waals surface area contributed by atoms with Crippen molar-refractivity contribution in [3.63, 3.8) is 0 Å². The molecule has 1 N–H and O–H groups in total. The monoisotopic (exact) mass is 358 g/mol. The molecule has 0 atom stereocenters. The smallest absolute Gasteiger partial charge is 0.138 e. The molecule has 3 nitrogen and oxygen atoms in total. The third kappa shape index (κ3) is 4.40. The summed E-state index contributed by atoms with van der Waals surface area (Å²) < 4.78 is 5.71. The van der Waals surface area contributed by atoms with E-state index in [1.807, 2.05) is 36.4 Å². The molecule has 3 rings (SSSR count). The molecule has 0 amide bonds. The maximum Gasteiger partial charge on any atom is 0.138 e. The first-order valence-corrected chi connectivity index (χ1v) is 8.27. The summed E-state index contributed by atoms with van der Waals surface area (Å²) in [6.45, 7) is 1.03. The van der Waals surface area contributed by atoms with E-state index in [0.29, 0.717) is 22.4 Å². The van der Waals surface area contributed by atoms with Gasteiger partial charge in [0.05, 0.1) is 6.20 Å². The highest BCUT2D eigenvalue weighted by Gasteiger charge is 2.06. The van der Waals surface area contributed by atoms with Crippen molar-refractivity contribution in [2.45, 2.75) is 13.2 Å². The number of hydrogen-bond acceptors (Lipinski definition) is 3. The van der Waals surface area contributed by atoms with Gasteiger partial charge in [0.1, 0.15) is 18.2 Å². The number of rotatable bonds is 6. The second kappa shape index (κ2) is 8.04. The van der Waals surface area contributed by atoms with E-state index in [2.05, 4.69) is 22.4 Å². The van der Waals surface area contributed by atoms with Gasteiger partial charge in [-0.1, -0.05) is 59.6 Å². The normalized spacial score (nSPS) is 10.4. The molecule has 1 aromatic heterocycles. The molecule has 0 unspecified atom stereocenters. The van der Waals surface area contributed by atoms with Crippen LogP contribution in [0.1, 0.15) is 11.1 Å². The van der Waals surface area contributed by atoms with E-state index in [9.17, 15) is 0 Å². The molecule has 5 heteroatoms. The van der Waals surface area contributed by atoms with Crippen molar-refractivity contribution in [2.75, 3.05) is 5.32 Å². The van der Waals surface area contributed by atoms with Gasteiger partial charge in [0.2, 0.25) is 0 Å². The summed E-state index contributed by atoms with van der Waals surface area (Å²) in [5.74, 6) is 1.46. The lowest BCUT2D eigenvalue weighted by atomic mass is 10.2. The van der Waals surface area contributed by atoms with Crippen molar-refractivity contribution in [3.05, 3.63) is 88.0 Å². The highest BCUT2D eigenvalue weighted by Crippen LogP contribution is 2.25. The number of halogens is 2. The van der Waals surface area contributed by atoms with E-state index in [1.54, 1.807) is 18.3 Å². The van der Waals surface area contributed by atoms with Crippen LogP contribution in [0.5, 0.6) is 5.75 Å². The van der Waals surface area contributed by atoms with Crippen LogP contribution in [-0.2, 0) is 13.2 Å². The van der Waals surface area contributed by atoms with Crippen LogP contribution >= 0.6 is 23.2 Å². The van der Waals surface area contributed by atoms with Crippen LogP contribution < -0.4 is 10.1 Å². The van der Waals surface area contributed by atoms with Crippen LogP contribution in [0, 0.1) is 0 Å². The van der Waals surface area contributed by atoms with Crippen LogP contribution in [0.15, 0.2) is 66.9 Å². The molecule has 0 aliphatic heterocycles. The first-order chi connectivity index (χ1) is 11.7. The number of nitrogens with zero attached hydrogens (tertiary/aromatic N) is 1. The topological polar surface area (TPSA) is 34.1 Å². The van der Waals surface area contributed by atoms with Crippen molar-refractivity contribution in [2.24, 2.45) is 0 Å². The average Bonchev–Trinajstić information content (AvgIpc) is 2.61. The van der Waals surface area contributed by atoms with Crippen LogP contribution in [0.2, 0.25) is 10.0 Å². The van der Waals surface area contributed by atoms with Gasteiger partial charge in [-0.15, -0.1) is 0 Å². The molecule has 1 heterocycles. The Kier molecular flexibility index (Phi) is 5.57. The van der Waals surface area contributed by atoms with E-state index in [4.69, 9.17) is 27.9 Å². The zero-order valence-corrected chi connectivity index (χ0v) is 14.4. The van der Waals surface area contributed by atoms with E-state index >= 15 is 0 Å². The lowest BCUT2D eigenvalue weighted by Crippen LogP contribution is -2.02. The molecule has 0 saturated heterocycles. The van der Waals surface area contributed by atoms with Crippen LogP contribution in [0.3, 0.4) is 0 Å². The predicted molar refractivity (Wildman–Crippen MR) is 98.8 cm³/mol. The standard InChI is InChI=1S/C19H16Cl2N2O/c20-17-7-4-8-18(21)16(17)13-24-15-9-10-19(23-12-15)22-11-14-5-2-1-3-6-14/h1-10,12H,11,13H2,(H,22,23). The summed E-state index contributed by atoms with van der Waals surface area (Å²) in [7, 11) is 0. The zero-order chi connectivity index (χ0) is 16.8. The average molecular weight is 359 g/mol. The minimum atomic E-state index is 0.303. The Morgan fingerprint density at radius 3 is 2.29 bits per heavy atom. The van der Waals surface area contributed by atoms with Gasteiger partial charge < -0.3 is 10.1 Å². The van der Waals surface area contributed by atoms with Crippen LogP contribution in [0.25, 0.3) is 0 Å². The largest absolute Gasteiger partial charge is 0.487 e. The van der Waals surface area contributed by atoms with Crippen molar-refractivity contribution in [3.8, 4) is 5.75 Å². The van der Waals surface area contributed by atoms with E-state index in [0.717, 1.165) is 17.9 Å². The minimum absolute atomic E-state index is 0.303. The third-order valence-corrected chi connectivity index (χ3v) is 4.21. The van der Waals surface area contributed by atoms with Crippen LogP contribution in [-0.4, -0.2) is 4.98 Å². The van der Waals surface area contributed by atoms with Crippen molar-refractivity contribution >= 4 is 29.0 Å². The van der Waals surface area contributed by atoms with Gasteiger partial charge in [0, 0.05) is 22.2 Å². The summed E-state index contributed by atoms with van der Waals surface area (Å²) in [6, 6.07) is 19.3. The van der Waals surface area contributed by atoms with Gasteiger partial charge in [-0.05, 0) is 29.8 Å². The summed E-state index contributed by atoms with van der Waals surface area (Å²) in [6.07, 6.45) is 1.68. The van der Waals surface area contributed by atoms with Gasteiger partial charge in [0.15, 0.2) is 0 Å². The molecule has 3 aromatic rings. The number of pyridine rings is 1. The number of ether oxygens (including phenoxy) is 1. The lowest BCUT2D eigenvalue weighted by Gasteiger charge is -2.10. The third-order valence-electron chi connectivity index (χ3n) is 3.50. The van der Waals surface area contributed by atoms with Gasteiger partial charge >= 0.3 is 0 Å². The summed E-state index contributed by atoms with van der Waals surface area (Å²) in [5.41, 5.74) is 1.97. The molecule has 2 aromatic carbocycles. The quantitative estimate of drug-likeness (QED) is 0.624. The van der Waals surface area contributed by atoms with E-state index < -0.39 is 0 Å². The molecule has 0 fully saturated rings. The fraction of sp³-hybridized carbons (Fsp3) is 0.105. The molecule has 0 spiro atoms. The first kappa shape index (κ1) is 16.6. The Labute approximate surface area is 151 Å².